The Hall–Kier alpha value is -2.29. The minimum absolute atomic E-state index is 0.163. The highest BCUT2D eigenvalue weighted by molar-refractivity contribution is 5.78. The first kappa shape index (κ1) is 25.0. The second-order valence-electron chi connectivity index (χ2n) is 9.30. The standard InChI is InChI=1S/C22H32F3N3O3/c1-21(2,3)31-20(30)27-17-10-9-15(12-18(17)26-19(29)13-28(4)5)14-7-6-8-16(11-14)22(23,24)25/h6-8,11,15,17-18H,9-10,12-13H2,1-5H3,(H,26,29)(H,27,30)/t15-,17-,18?/m0/s1. The number of halogens is 3. The van der Waals surface area contributed by atoms with Crippen molar-refractivity contribution in [3.05, 3.63) is 35.4 Å². The number of benzene rings is 1. The number of hydrogen-bond donors (Lipinski definition) is 2. The fourth-order valence-electron chi connectivity index (χ4n) is 3.77. The molecule has 6 nitrogen and oxygen atoms in total. The van der Waals surface area contributed by atoms with E-state index in [1.165, 1.54) is 12.1 Å². The molecule has 0 spiro atoms. The van der Waals surface area contributed by atoms with E-state index in [0.29, 0.717) is 24.8 Å². The molecule has 0 aliphatic heterocycles. The molecular weight excluding hydrogens is 411 g/mol. The summed E-state index contributed by atoms with van der Waals surface area (Å²) >= 11 is 0. The van der Waals surface area contributed by atoms with Crippen molar-refractivity contribution in [3.63, 3.8) is 0 Å². The van der Waals surface area contributed by atoms with E-state index in [-0.39, 0.29) is 24.4 Å². The van der Waals surface area contributed by atoms with E-state index < -0.39 is 29.5 Å². The number of rotatable bonds is 5. The molecule has 0 radical (unpaired) electrons. The largest absolute Gasteiger partial charge is 0.444 e. The Balaban J connectivity index is 2.17. The number of alkyl halides is 3. The molecule has 1 aliphatic rings. The van der Waals surface area contributed by atoms with Gasteiger partial charge in [-0.25, -0.2) is 4.79 Å². The molecular formula is C22H32F3N3O3. The topological polar surface area (TPSA) is 70.7 Å². The summed E-state index contributed by atoms with van der Waals surface area (Å²) in [6, 6.07) is 4.51. The Bertz CT molecular complexity index is 775. The molecule has 3 atom stereocenters. The lowest BCUT2D eigenvalue weighted by Gasteiger charge is -2.37. The molecule has 2 rings (SSSR count). The summed E-state index contributed by atoms with van der Waals surface area (Å²) in [7, 11) is 3.53. The van der Waals surface area contributed by atoms with Crippen LogP contribution in [0.5, 0.6) is 0 Å². The van der Waals surface area contributed by atoms with Crippen molar-refractivity contribution in [1.82, 2.24) is 15.5 Å². The highest BCUT2D eigenvalue weighted by atomic mass is 19.4. The molecule has 0 heterocycles. The lowest BCUT2D eigenvalue weighted by atomic mass is 9.78. The van der Waals surface area contributed by atoms with Gasteiger partial charge in [0.15, 0.2) is 0 Å². The van der Waals surface area contributed by atoms with Crippen molar-refractivity contribution in [2.75, 3.05) is 20.6 Å². The van der Waals surface area contributed by atoms with Crippen molar-refractivity contribution in [2.45, 2.75) is 69.8 Å². The maximum atomic E-state index is 13.1. The van der Waals surface area contributed by atoms with Crippen molar-refractivity contribution in [1.29, 1.82) is 0 Å². The normalized spacial score (nSPS) is 22.2. The number of alkyl carbamates (subject to hydrolysis) is 1. The van der Waals surface area contributed by atoms with Gasteiger partial charge in [0, 0.05) is 6.04 Å². The molecule has 0 saturated heterocycles. The highest BCUT2D eigenvalue weighted by Gasteiger charge is 2.36. The third-order valence-corrected chi connectivity index (χ3v) is 5.04. The number of amides is 2. The quantitative estimate of drug-likeness (QED) is 0.724. The highest BCUT2D eigenvalue weighted by Crippen LogP contribution is 2.36. The Morgan fingerprint density at radius 1 is 1.10 bits per heavy atom. The number of ether oxygens (including phenoxy) is 1. The van der Waals surface area contributed by atoms with Gasteiger partial charge in [-0.3, -0.25) is 4.79 Å². The molecule has 174 valence electrons. The summed E-state index contributed by atoms with van der Waals surface area (Å²) in [6.45, 7) is 5.44. The zero-order chi connectivity index (χ0) is 23.4. The Labute approximate surface area is 181 Å². The second kappa shape index (κ2) is 9.89. The van der Waals surface area contributed by atoms with Gasteiger partial charge in [-0.1, -0.05) is 18.2 Å². The minimum Gasteiger partial charge on any atom is -0.444 e. The van der Waals surface area contributed by atoms with E-state index in [4.69, 9.17) is 4.74 Å². The summed E-state index contributed by atoms with van der Waals surface area (Å²) in [6.07, 6.45) is -3.48. The van der Waals surface area contributed by atoms with Gasteiger partial charge < -0.3 is 20.3 Å². The van der Waals surface area contributed by atoms with E-state index in [2.05, 4.69) is 10.6 Å². The van der Waals surface area contributed by atoms with Gasteiger partial charge in [0.25, 0.3) is 0 Å². The fourth-order valence-corrected chi connectivity index (χ4v) is 3.77. The summed E-state index contributed by atoms with van der Waals surface area (Å²) in [4.78, 5) is 26.3. The molecule has 0 bridgehead atoms. The van der Waals surface area contributed by atoms with E-state index in [0.717, 1.165) is 6.07 Å². The van der Waals surface area contributed by atoms with Crippen LogP contribution in [0, 0.1) is 0 Å². The first-order chi connectivity index (χ1) is 14.2. The number of likely N-dealkylation sites (N-methyl/N-ethyl adjacent to an activating group) is 1. The van der Waals surface area contributed by atoms with Crippen LogP contribution in [-0.2, 0) is 15.7 Å². The number of carbonyl (C=O) groups is 2. The molecule has 9 heteroatoms. The summed E-state index contributed by atoms with van der Waals surface area (Å²) in [5.74, 6) is -0.376. The van der Waals surface area contributed by atoms with Gasteiger partial charge in [0.05, 0.1) is 18.2 Å². The summed E-state index contributed by atoms with van der Waals surface area (Å²) < 4.78 is 44.7. The van der Waals surface area contributed by atoms with Crippen LogP contribution in [0.15, 0.2) is 24.3 Å². The molecule has 1 fully saturated rings. The zero-order valence-corrected chi connectivity index (χ0v) is 18.7. The predicted octanol–water partition coefficient (Wildman–Crippen LogP) is 3.91. The van der Waals surface area contributed by atoms with Gasteiger partial charge >= 0.3 is 12.3 Å². The van der Waals surface area contributed by atoms with Crippen LogP contribution >= 0.6 is 0 Å². The van der Waals surface area contributed by atoms with Crippen molar-refractivity contribution < 1.29 is 27.5 Å². The van der Waals surface area contributed by atoms with Crippen molar-refractivity contribution in [3.8, 4) is 0 Å². The van der Waals surface area contributed by atoms with E-state index >= 15 is 0 Å². The van der Waals surface area contributed by atoms with Crippen LogP contribution in [0.1, 0.15) is 57.1 Å². The predicted molar refractivity (Wildman–Crippen MR) is 112 cm³/mol. The Kier molecular flexibility index (Phi) is 7.97. The number of hydrogen-bond acceptors (Lipinski definition) is 4. The van der Waals surface area contributed by atoms with Crippen LogP contribution < -0.4 is 10.6 Å². The van der Waals surface area contributed by atoms with E-state index in [9.17, 15) is 22.8 Å². The first-order valence-corrected chi connectivity index (χ1v) is 10.4. The SMILES string of the molecule is CN(C)CC(=O)NC1C[C@@H](c2cccc(C(F)(F)F)c2)CC[C@@H]1NC(=O)OC(C)(C)C. The van der Waals surface area contributed by atoms with Gasteiger partial charge in [0.1, 0.15) is 5.60 Å². The Morgan fingerprint density at radius 2 is 1.77 bits per heavy atom. The molecule has 0 aromatic heterocycles. The van der Waals surface area contributed by atoms with Gasteiger partial charge in [0.2, 0.25) is 5.91 Å². The molecule has 31 heavy (non-hydrogen) atoms. The molecule has 1 saturated carbocycles. The zero-order valence-electron chi connectivity index (χ0n) is 18.7. The van der Waals surface area contributed by atoms with Gasteiger partial charge in [-0.2, -0.15) is 13.2 Å². The fraction of sp³-hybridized carbons (Fsp3) is 0.636. The third kappa shape index (κ3) is 8.05. The monoisotopic (exact) mass is 443 g/mol. The van der Waals surface area contributed by atoms with Gasteiger partial charge in [-0.05, 0) is 71.7 Å². The average molecular weight is 444 g/mol. The van der Waals surface area contributed by atoms with Gasteiger partial charge in [-0.15, -0.1) is 0 Å². The lowest BCUT2D eigenvalue weighted by molar-refractivity contribution is -0.137. The van der Waals surface area contributed by atoms with E-state index in [1.807, 2.05) is 0 Å². The first-order valence-electron chi connectivity index (χ1n) is 10.4. The smallest absolute Gasteiger partial charge is 0.416 e. The molecule has 2 N–H and O–H groups in total. The van der Waals surface area contributed by atoms with Crippen LogP contribution in [0.25, 0.3) is 0 Å². The van der Waals surface area contributed by atoms with Crippen molar-refractivity contribution in [2.24, 2.45) is 0 Å². The minimum atomic E-state index is -4.41. The molecule has 1 aromatic carbocycles. The van der Waals surface area contributed by atoms with Crippen LogP contribution in [-0.4, -0.2) is 55.2 Å². The summed E-state index contributed by atoms with van der Waals surface area (Å²) in [5, 5.41) is 5.76. The van der Waals surface area contributed by atoms with Crippen LogP contribution in [0.3, 0.4) is 0 Å². The maximum Gasteiger partial charge on any atom is 0.416 e. The lowest BCUT2D eigenvalue weighted by Crippen LogP contribution is -2.56. The number of carbonyl (C=O) groups excluding carboxylic acids is 2. The maximum absolute atomic E-state index is 13.1. The number of nitrogens with zero attached hydrogens (tertiary/aromatic N) is 1. The third-order valence-electron chi connectivity index (χ3n) is 5.04. The van der Waals surface area contributed by atoms with E-state index in [1.54, 1.807) is 45.8 Å². The van der Waals surface area contributed by atoms with Crippen molar-refractivity contribution >= 4 is 12.0 Å². The Morgan fingerprint density at radius 3 is 2.35 bits per heavy atom. The van der Waals surface area contributed by atoms with Crippen LogP contribution in [0.4, 0.5) is 18.0 Å². The average Bonchev–Trinajstić information content (AvgIpc) is 2.60. The molecule has 2 amide bonds. The molecule has 1 aromatic rings. The summed E-state index contributed by atoms with van der Waals surface area (Å²) in [5.41, 5.74) is -0.771. The van der Waals surface area contributed by atoms with Crippen LogP contribution in [0.2, 0.25) is 0 Å². The number of nitrogens with one attached hydrogen (secondary N) is 2. The molecule has 1 unspecified atom stereocenters. The second-order valence-corrected chi connectivity index (χ2v) is 9.30. The molecule has 1 aliphatic carbocycles.